The van der Waals surface area contributed by atoms with Crippen molar-refractivity contribution in [1.82, 2.24) is 4.98 Å². The van der Waals surface area contributed by atoms with Crippen LogP contribution < -0.4 is 11.1 Å². The quantitative estimate of drug-likeness (QED) is 0.824. The number of pyridine rings is 1. The minimum Gasteiger partial charge on any atom is -0.399 e. The zero-order chi connectivity index (χ0) is 13.7. The number of anilines is 2. The molecule has 0 unspecified atom stereocenters. The fraction of sp³-hybridized carbons (Fsp3) is 0.200. The fourth-order valence-electron chi connectivity index (χ4n) is 1.95. The van der Waals surface area contributed by atoms with Crippen LogP contribution in [0.3, 0.4) is 0 Å². The number of hydrogen-bond donors (Lipinski definition) is 2. The van der Waals surface area contributed by atoms with Crippen LogP contribution in [-0.2, 0) is 17.6 Å². The van der Waals surface area contributed by atoms with E-state index in [1.807, 2.05) is 30.3 Å². The lowest BCUT2D eigenvalue weighted by Gasteiger charge is -2.09. The number of benzene rings is 1. The molecule has 1 heterocycles. The summed E-state index contributed by atoms with van der Waals surface area (Å²) in [5.41, 5.74) is 8.56. The van der Waals surface area contributed by atoms with Crippen molar-refractivity contribution in [3.8, 4) is 0 Å². The fourth-order valence-corrected chi connectivity index (χ4v) is 1.95. The Kier molecular flexibility index (Phi) is 4.13. The van der Waals surface area contributed by atoms with Crippen molar-refractivity contribution in [1.29, 1.82) is 0 Å². The van der Waals surface area contributed by atoms with Gasteiger partial charge in [0, 0.05) is 11.9 Å². The lowest BCUT2D eigenvalue weighted by Crippen LogP contribution is -2.16. The van der Waals surface area contributed by atoms with Crippen molar-refractivity contribution in [3.05, 3.63) is 53.7 Å². The number of rotatable bonds is 4. The van der Waals surface area contributed by atoms with E-state index in [1.165, 1.54) is 0 Å². The second-order valence-corrected chi connectivity index (χ2v) is 4.32. The molecule has 4 nitrogen and oxygen atoms in total. The summed E-state index contributed by atoms with van der Waals surface area (Å²) >= 11 is 0. The summed E-state index contributed by atoms with van der Waals surface area (Å²) in [5, 5.41) is 2.77. The molecular weight excluding hydrogens is 238 g/mol. The first-order valence-electron chi connectivity index (χ1n) is 6.27. The standard InChI is InChI=1S/C15H17N3O/c1-2-11-6-7-13(16)9-12(11)10-15(19)18-14-5-3-4-8-17-14/h3-9H,2,10,16H2,1H3,(H,17,18,19). The normalized spacial score (nSPS) is 10.2. The number of aryl methyl sites for hydroxylation is 1. The maximum atomic E-state index is 12.0. The van der Waals surface area contributed by atoms with Gasteiger partial charge in [0.15, 0.2) is 0 Å². The van der Waals surface area contributed by atoms with Crippen LogP contribution in [0.4, 0.5) is 11.5 Å². The maximum absolute atomic E-state index is 12.0. The Hall–Kier alpha value is -2.36. The maximum Gasteiger partial charge on any atom is 0.229 e. The van der Waals surface area contributed by atoms with Gasteiger partial charge in [-0.15, -0.1) is 0 Å². The molecule has 2 aromatic rings. The molecule has 0 radical (unpaired) electrons. The molecule has 0 saturated heterocycles. The van der Waals surface area contributed by atoms with E-state index in [-0.39, 0.29) is 5.91 Å². The smallest absolute Gasteiger partial charge is 0.229 e. The summed E-state index contributed by atoms with van der Waals surface area (Å²) in [4.78, 5) is 16.0. The van der Waals surface area contributed by atoms with Crippen molar-refractivity contribution in [2.75, 3.05) is 11.1 Å². The number of hydrogen-bond acceptors (Lipinski definition) is 3. The minimum atomic E-state index is -0.0843. The third-order valence-electron chi connectivity index (χ3n) is 2.89. The average Bonchev–Trinajstić information content (AvgIpc) is 2.40. The monoisotopic (exact) mass is 255 g/mol. The Bertz CT molecular complexity index is 567. The molecule has 1 aromatic carbocycles. The van der Waals surface area contributed by atoms with Crippen LogP contribution in [-0.4, -0.2) is 10.9 Å². The Morgan fingerprint density at radius 1 is 1.26 bits per heavy atom. The molecule has 3 N–H and O–H groups in total. The highest BCUT2D eigenvalue weighted by Crippen LogP contribution is 2.15. The second kappa shape index (κ2) is 6.00. The van der Waals surface area contributed by atoms with Crippen LogP contribution in [0.1, 0.15) is 18.1 Å². The Balaban J connectivity index is 2.09. The van der Waals surface area contributed by atoms with Gasteiger partial charge in [-0.05, 0) is 41.8 Å². The van der Waals surface area contributed by atoms with Gasteiger partial charge in [-0.2, -0.15) is 0 Å². The van der Waals surface area contributed by atoms with Gasteiger partial charge in [0.2, 0.25) is 5.91 Å². The summed E-state index contributed by atoms with van der Waals surface area (Å²) in [7, 11) is 0. The van der Waals surface area contributed by atoms with Crippen LogP contribution >= 0.6 is 0 Å². The van der Waals surface area contributed by atoms with Gasteiger partial charge in [0.25, 0.3) is 0 Å². The summed E-state index contributed by atoms with van der Waals surface area (Å²) in [6, 6.07) is 11.1. The van der Waals surface area contributed by atoms with E-state index >= 15 is 0 Å². The molecule has 0 bridgehead atoms. The minimum absolute atomic E-state index is 0.0843. The predicted molar refractivity (Wildman–Crippen MR) is 76.8 cm³/mol. The number of amides is 1. The lowest BCUT2D eigenvalue weighted by atomic mass is 10.0. The van der Waals surface area contributed by atoms with E-state index in [9.17, 15) is 4.79 Å². The number of carbonyl (C=O) groups excluding carboxylic acids is 1. The number of nitrogens with two attached hydrogens (primary N) is 1. The van der Waals surface area contributed by atoms with Crippen LogP contribution in [0, 0.1) is 0 Å². The summed E-state index contributed by atoms with van der Waals surface area (Å²) in [6.45, 7) is 2.06. The van der Waals surface area contributed by atoms with Crippen molar-refractivity contribution in [2.45, 2.75) is 19.8 Å². The summed E-state index contributed by atoms with van der Waals surface area (Å²) in [6.07, 6.45) is 2.84. The summed E-state index contributed by atoms with van der Waals surface area (Å²) in [5.74, 6) is 0.480. The molecular formula is C15H17N3O. The third-order valence-corrected chi connectivity index (χ3v) is 2.89. The molecule has 1 aromatic heterocycles. The molecule has 0 fully saturated rings. The molecule has 4 heteroatoms. The highest BCUT2D eigenvalue weighted by Gasteiger charge is 2.08. The van der Waals surface area contributed by atoms with E-state index in [2.05, 4.69) is 17.2 Å². The van der Waals surface area contributed by atoms with Crippen LogP contribution in [0.25, 0.3) is 0 Å². The summed E-state index contributed by atoms with van der Waals surface area (Å²) < 4.78 is 0. The van der Waals surface area contributed by atoms with E-state index in [4.69, 9.17) is 5.73 Å². The topological polar surface area (TPSA) is 68.0 Å². The molecule has 1 amide bonds. The van der Waals surface area contributed by atoms with E-state index in [0.717, 1.165) is 17.5 Å². The molecule has 0 aliphatic rings. The SMILES string of the molecule is CCc1ccc(N)cc1CC(=O)Nc1ccccn1. The highest BCUT2D eigenvalue weighted by molar-refractivity contribution is 5.91. The van der Waals surface area contributed by atoms with Gasteiger partial charge in [0.05, 0.1) is 6.42 Å². The van der Waals surface area contributed by atoms with E-state index in [0.29, 0.717) is 17.9 Å². The zero-order valence-electron chi connectivity index (χ0n) is 10.9. The number of aromatic nitrogens is 1. The Labute approximate surface area is 112 Å². The van der Waals surface area contributed by atoms with Crippen molar-refractivity contribution < 1.29 is 4.79 Å². The molecule has 0 aliphatic carbocycles. The molecule has 0 aliphatic heterocycles. The van der Waals surface area contributed by atoms with Gasteiger partial charge in [-0.25, -0.2) is 4.98 Å². The highest BCUT2D eigenvalue weighted by atomic mass is 16.1. The van der Waals surface area contributed by atoms with Crippen LogP contribution in [0.2, 0.25) is 0 Å². The number of nitrogens with one attached hydrogen (secondary N) is 1. The molecule has 0 atom stereocenters. The average molecular weight is 255 g/mol. The molecule has 2 rings (SSSR count). The molecule has 0 saturated carbocycles. The predicted octanol–water partition coefficient (Wildman–Crippen LogP) is 2.41. The van der Waals surface area contributed by atoms with Crippen molar-refractivity contribution in [2.24, 2.45) is 0 Å². The van der Waals surface area contributed by atoms with Crippen LogP contribution in [0.5, 0.6) is 0 Å². The van der Waals surface area contributed by atoms with E-state index < -0.39 is 0 Å². The number of nitrogen functional groups attached to an aromatic ring is 1. The lowest BCUT2D eigenvalue weighted by molar-refractivity contribution is -0.115. The van der Waals surface area contributed by atoms with Gasteiger partial charge in [0.1, 0.15) is 5.82 Å². The van der Waals surface area contributed by atoms with Gasteiger partial charge in [-0.1, -0.05) is 19.1 Å². The zero-order valence-corrected chi connectivity index (χ0v) is 10.9. The van der Waals surface area contributed by atoms with Crippen molar-refractivity contribution in [3.63, 3.8) is 0 Å². The first-order chi connectivity index (χ1) is 9.19. The first-order valence-corrected chi connectivity index (χ1v) is 6.27. The Morgan fingerprint density at radius 3 is 2.79 bits per heavy atom. The van der Waals surface area contributed by atoms with Crippen LogP contribution in [0.15, 0.2) is 42.6 Å². The van der Waals surface area contributed by atoms with Gasteiger partial charge in [-0.3, -0.25) is 4.79 Å². The van der Waals surface area contributed by atoms with Crippen molar-refractivity contribution >= 4 is 17.4 Å². The molecule has 98 valence electrons. The number of nitrogens with zero attached hydrogens (tertiary/aromatic N) is 1. The third kappa shape index (κ3) is 3.55. The molecule has 19 heavy (non-hydrogen) atoms. The first kappa shape index (κ1) is 13.1. The largest absolute Gasteiger partial charge is 0.399 e. The van der Waals surface area contributed by atoms with E-state index in [1.54, 1.807) is 12.3 Å². The Morgan fingerprint density at radius 2 is 2.11 bits per heavy atom. The molecule has 0 spiro atoms. The second-order valence-electron chi connectivity index (χ2n) is 4.32. The van der Waals surface area contributed by atoms with Gasteiger partial charge >= 0.3 is 0 Å². The van der Waals surface area contributed by atoms with Gasteiger partial charge < -0.3 is 11.1 Å². The number of carbonyl (C=O) groups is 1.